The minimum absolute atomic E-state index is 0.0835. The first-order valence-electron chi connectivity index (χ1n) is 11.5. The maximum Gasteiger partial charge on any atom is 0.410 e. The fraction of sp³-hybridized carbons (Fsp3) is 0.308. The molecule has 2 aliphatic rings. The van der Waals surface area contributed by atoms with Crippen molar-refractivity contribution < 1.29 is 22.7 Å². The lowest BCUT2D eigenvalue weighted by molar-refractivity contribution is -0.128. The molecular formula is C26H26N2O5S. The number of likely N-dealkylation sites (tertiary alicyclic amines) is 1. The van der Waals surface area contributed by atoms with Crippen LogP contribution in [-0.2, 0) is 26.2 Å². The Morgan fingerprint density at radius 1 is 1.00 bits per heavy atom. The Hall–Kier alpha value is -3.39. The predicted molar refractivity (Wildman–Crippen MR) is 127 cm³/mol. The Balaban J connectivity index is 1.41. The van der Waals surface area contributed by atoms with E-state index in [0.29, 0.717) is 19.4 Å². The van der Waals surface area contributed by atoms with Gasteiger partial charge in [-0.05, 0) is 41.3 Å². The normalized spacial score (nSPS) is 22.3. The van der Waals surface area contributed by atoms with E-state index in [9.17, 15) is 18.0 Å². The number of nitrogens with zero attached hydrogens (tertiary/aromatic N) is 2. The molecule has 2 amide bonds. The molecule has 2 fully saturated rings. The lowest BCUT2D eigenvalue weighted by atomic mass is 9.96. The van der Waals surface area contributed by atoms with E-state index >= 15 is 0 Å². The van der Waals surface area contributed by atoms with E-state index in [1.165, 1.54) is 4.90 Å². The fourth-order valence-electron chi connectivity index (χ4n) is 5.18. The zero-order chi connectivity index (χ0) is 23.9. The topological polar surface area (TPSA) is 84.0 Å². The molecule has 0 bridgehead atoms. The lowest BCUT2D eigenvalue weighted by Gasteiger charge is -2.26. The molecule has 3 aromatic carbocycles. The SMILES string of the molecule is CC[C@H]1C(=O)N(S(=O)(=O)c2ccc3ccccc3c2)[C@H]2CCN(C(=O)OCc3ccccc3)[C@H]12. The molecule has 0 radical (unpaired) electrons. The molecule has 0 aromatic heterocycles. The van der Waals surface area contributed by atoms with Crippen molar-refractivity contribution in [2.75, 3.05) is 6.54 Å². The lowest BCUT2D eigenvalue weighted by Crippen LogP contribution is -2.43. The van der Waals surface area contributed by atoms with Crippen LogP contribution in [0.15, 0.2) is 77.7 Å². The maximum absolute atomic E-state index is 13.7. The average Bonchev–Trinajstić information content (AvgIpc) is 3.39. The molecular weight excluding hydrogens is 452 g/mol. The average molecular weight is 479 g/mol. The van der Waals surface area contributed by atoms with Crippen molar-refractivity contribution in [3.05, 3.63) is 78.4 Å². The van der Waals surface area contributed by atoms with Crippen molar-refractivity contribution in [2.45, 2.75) is 43.4 Å². The monoisotopic (exact) mass is 478 g/mol. The first kappa shape index (κ1) is 22.4. The Kier molecular flexibility index (Phi) is 5.77. The highest BCUT2D eigenvalue weighted by atomic mass is 32.2. The van der Waals surface area contributed by atoms with E-state index < -0.39 is 40.0 Å². The van der Waals surface area contributed by atoms with E-state index in [1.807, 2.05) is 61.5 Å². The van der Waals surface area contributed by atoms with Crippen molar-refractivity contribution >= 4 is 32.8 Å². The zero-order valence-electron chi connectivity index (χ0n) is 18.8. The van der Waals surface area contributed by atoms with E-state index in [4.69, 9.17) is 4.74 Å². The van der Waals surface area contributed by atoms with Gasteiger partial charge in [-0.3, -0.25) is 4.79 Å². The summed E-state index contributed by atoms with van der Waals surface area (Å²) >= 11 is 0. The van der Waals surface area contributed by atoms with Crippen molar-refractivity contribution in [1.82, 2.24) is 9.21 Å². The van der Waals surface area contributed by atoms with Crippen LogP contribution in [0.25, 0.3) is 10.8 Å². The van der Waals surface area contributed by atoms with Crippen LogP contribution in [0, 0.1) is 5.92 Å². The number of rotatable bonds is 5. The Labute approximate surface area is 199 Å². The molecule has 5 rings (SSSR count). The van der Waals surface area contributed by atoms with Crippen molar-refractivity contribution in [1.29, 1.82) is 0 Å². The standard InChI is InChI=1S/C26H26N2O5S/c1-2-22-24-23(14-15-27(24)26(30)33-17-18-8-4-3-5-9-18)28(25(22)29)34(31,32)21-13-12-19-10-6-7-11-20(19)16-21/h3-13,16,22-24H,2,14-15,17H2,1H3/t22-,23+,24-/m1/s1. The van der Waals surface area contributed by atoms with Crippen LogP contribution in [-0.4, -0.2) is 48.3 Å². The summed E-state index contributed by atoms with van der Waals surface area (Å²) in [6.07, 6.45) is 0.305. The number of fused-ring (bicyclic) bond motifs is 2. The van der Waals surface area contributed by atoms with Crippen molar-refractivity contribution in [3.63, 3.8) is 0 Å². The summed E-state index contributed by atoms with van der Waals surface area (Å²) in [5, 5.41) is 1.71. The summed E-state index contributed by atoms with van der Waals surface area (Å²) in [6.45, 7) is 2.31. The van der Waals surface area contributed by atoms with Crippen LogP contribution < -0.4 is 0 Å². The first-order valence-corrected chi connectivity index (χ1v) is 12.9. The second-order valence-electron chi connectivity index (χ2n) is 8.74. The molecule has 0 spiro atoms. The molecule has 7 nitrogen and oxygen atoms in total. The van der Waals surface area contributed by atoms with E-state index in [-0.39, 0.29) is 11.5 Å². The highest BCUT2D eigenvalue weighted by Crippen LogP contribution is 2.41. The smallest absolute Gasteiger partial charge is 0.410 e. The van der Waals surface area contributed by atoms with E-state index in [0.717, 1.165) is 20.6 Å². The molecule has 3 aromatic rings. The van der Waals surface area contributed by atoms with Crippen LogP contribution in [0.3, 0.4) is 0 Å². The highest BCUT2D eigenvalue weighted by Gasteiger charge is 2.58. The van der Waals surface area contributed by atoms with Crippen LogP contribution in [0.5, 0.6) is 0 Å². The van der Waals surface area contributed by atoms with Gasteiger partial charge in [0.15, 0.2) is 0 Å². The zero-order valence-corrected chi connectivity index (χ0v) is 19.6. The molecule has 0 aliphatic carbocycles. The number of amides is 2. The molecule has 0 N–H and O–H groups in total. The van der Waals surface area contributed by atoms with Gasteiger partial charge in [0.2, 0.25) is 5.91 Å². The number of ether oxygens (including phenoxy) is 1. The number of carbonyl (C=O) groups excluding carboxylic acids is 2. The quantitative estimate of drug-likeness (QED) is 0.549. The minimum Gasteiger partial charge on any atom is -0.445 e. The molecule has 3 atom stereocenters. The third-order valence-corrected chi connectivity index (χ3v) is 8.64. The molecule has 176 valence electrons. The van der Waals surface area contributed by atoms with E-state index in [1.54, 1.807) is 18.2 Å². The fourth-order valence-corrected chi connectivity index (χ4v) is 6.88. The van der Waals surface area contributed by atoms with Gasteiger partial charge in [0.25, 0.3) is 10.0 Å². The molecule has 8 heteroatoms. The van der Waals surface area contributed by atoms with Gasteiger partial charge in [-0.2, -0.15) is 0 Å². The van der Waals surface area contributed by atoms with Gasteiger partial charge in [-0.1, -0.05) is 67.6 Å². The molecule has 2 heterocycles. The molecule has 2 saturated heterocycles. The van der Waals surface area contributed by atoms with Crippen molar-refractivity contribution in [2.24, 2.45) is 5.92 Å². The van der Waals surface area contributed by atoms with Gasteiger partial charge in [-0.15, -0.1) is 0 Å². The second kappa shape index (κ2) is 8.76. The third-order valence-electron chi connectivity index (χ3n) is 6.82. The molecule has 0 saturated carbocycles. The second-order valence-corrected chi connectivity index (χ2v) is 10.6. The van der Waals surface area contributed by atoms with Gasteiger partial charge in [0, 0.05) is 6.54 Å². The number of hydrogen-bond acceptors (Lipinski definition) is 5. The number of sulfonamides is 1. The Bertz CT molecular complexity index is 1340. The summed E-state index contributed by atoms with van der Waals surface area (Å²) in [6, 6.07) is 20.6. The van der Waals surface area contributed by atoms with Gasteiger partial charge >= 0.3 is 6.09 Å². The number of hydrogen-bond donors (Lipinski definition) is 0. The molecule has 34 heavy (non-hydrogen) atoms. The van der Waals surface area contributed by atoms with Gasteiger partial charge in [0.1, 0.15) is 6.61 Å². The highest BCUT2D eigenvalue weighted by molar-refractivity contribution is 7.89. The minimum atomic E-state index is -4.08. The summed E-state index contributed by atoms with van der Waals surface area (Å²) in [5.74, 6) is -1.04. The number of benzene rings is 3. The Morgan fingerprint density at radius 2 is 1.71 bits per heavy atom. The van der Waals surface area contributed by atoms with E-state index in [2.05, 4.69) is 0 Å². The van der Waals surface area contributed by atoms with Crippen LogP contribution in [0.1, 0.15) is 25.3 Å². The van der Waals surface area contributed by atoms with Crippen LogP contribution in [0.2, 0.25) is 0 Å². The molecule has 2 aliphatic heterocycles. The van der Waals surface area contributed by atoms with Gasteiger partial charge in [0.05, 0.1) is 22.9 Å². The summed E-state index contributed by atoms with van der Waals surface area (Å²) in [7, 11) is -4.08. The van der Waals surface area contributed by atoms with Gasteiger partial charge < -0.3 is 9.64 Å². The predicted octanol–water partition coefficient (Wildman–Crippen LogP) is 4.18. The molecule has 0 unspecified atom stereocenters. The first-order chi connectivity index (χ1) is 16.4. The summed E-state index contributed by atoms with van der Waals surface area (Å²) in [5.41, 5.74) is 0.863. The van der Waals surface area contributed by atoms with Crippen LogP contribution >= 0.6 is 0 Å². The summed E-state index contributed by atoms with van der Waals surface area (Å²) < 4.78 is 33.8. The number of carbonyl (C=O) groups is 2. The van der Waals surface area contributed by atoms with Crippen molar-refractivity contribution in [3.8, 4) is 0 Å². The van der Waals surface area contributed by atoms with Gasteiger partial charge in [-0.25, -0.2) is 17.5 Å². The maximum atomic E-state index is 13.7. The Morgan fingerprint density at radius 3 is 2.44 bits per heavy atom. The third kappa shape index (κ3) is 3.72. The summed E-state index contributed by atoms with van der Waals surface area (Å²) in [4.78, 5) is 27.9. The van der Waals surface area contributed by atoms with Crippen LogP contribution in [0.4, 0.5) is 4.79 Å². The largest absolute Gasteiger partial charge is 0.445 e.